The Bertz CT molecular complexity index is 891. The summed E-state index contributed by atoms with van der Waals surface area (Å²) in [7, 11) is 1.60. The lowest BCUT2D eigenvalue weighted by Gasteiger charge is -2.31. The molecule has 0 radical (unpaired) electrons. The van der Waals surface area contributed by atoms with Gasteiger partial charge in [0.2, 0.25) is 5.91 Å². The van der Waals surface area contributed by atoms with Crippen LogP contribution >= 0.6 is 0 Å². The standard InChI is InChI=1S/C26H34N2O4/c1-4-24(26(30)27-21-10-5-6-11-21)28(17-20-9-7-8-19(2)16-20)25(29)18-32-23-14-12-22(31-3)13-15-23/h7-9,12-16,21,24H,4-6,10-11,17-18H2,1-3H3,(H,27,30)/t24-/m0/s1. The van der Waals surface area contributed by atoms with Gasteiger partial charge in [-0.15, -0.1) is 0 Å². The first-order chi connectivity index (χ1) is 15.5. The van der Waals surface area contributed by atoms with Crippen molar-refractivity contribution in [2.75, 3.05) is 13.7 Å². The molecule has 0 spiro atoms. The number of carbonyl (C=O) groups is 2. The van der Waals surface area contributed by atoms with E-state index in [9.17, 15) is 9.59 Å². The van der Waals surface area contributed by atoms with E-state index in [0.29, 0.717) is 18.7 Å². The average molecular weight is 439 g/mol. The number of amides is 2. The van der Waals surface area contributed by atoms with Crippen molar-refractivity contribution < 1.29 is 19.1 Å². The number of aryl methyl sites for hydroxylation is 1. The quantitative estimate of drug-likeness (QED) is 0.602. The minimum atomic E-state index is -0.539. The largest absolute Gasteiger partial charge is 0.497 e. The number of ether oxygens (including phenoxy) is 2. The van der Waals surface area contributed by atoms with Gasteiger partial charge in [-0.1, -0.05) is 49.6 Å². The van der Waals surface area contributed by atoms with Gasteiger partial charge in [0.15, 0.2) is 6.61 Å². The van der Waals surface area contributed by atoms with Gasteiger partial charge in [-0.3, -0.25) is 9.59 Å². The van der Waals surface area contributed by atoms with E-state index in [1.165, 1.54) is 0 Å². The number of rotatable bonds is 10. The Balaban J connectivity index is 1.74. The lowest BCUT2D eigenvalue weighted by Crippen LogP contribution is -2.52. The molecule has 2 aromatic rings. The van der Waals surface area contributed by atoms with Crippen LogP contribution in [0.15, 0.2) is 48.5 Å². The van der Waals surface area contributed by atoms with Crippen molar-refractivity contribution in [3.63, 3.8) is 0 Å². The molecule has 1 atom stereocenters. The normalized spacial score (nSPS) is 14.6. The summed E-state index contributed by atoms with van der Waals surface area (Å²) in [4.78, 5) is 28.0. The van der Waals surface area contributed by atoms with Crippen molar-refractivity contribution >= 4 is 11.8 Å². The summed E-state index contributed by atoms with van der Waals surface area (Å²) in [6.07, 6.45) is 4.84. The molecule has 2 amide bonds. The molecule has 0 bridgehead atoms. The molecule has 1 saturated carbocycles. The van der Waals surface area contributed by atoms with Crippen molar-refractivity contribution in [2.24, 2.45) is 0 Å². The predicted octanol–water partition coefficient (Wildman–Crippen LogP) is 4.25. The van der Waals surface area contributed by atoms with E-state index >= 15 is 0 Å². The molecule has 32 heavy (non-hydrogen) atoms. The van der Waals surface area contributed by atoms with Crippen LogP contribution in [0.4, 0.5) is 0 Å². The number of hydrogen-bond donors (Lipinski definition) is 1. The molecule has 3 rings (SSSR count). The van der Waals surface area contributed by atoms with E-state index in [-0.39, 0.29) is 24.5 Å². The Morgan fingerprint density at radius 3 is 2.41 bits per heavy atom. The van der Waals surface area contributed by atoms with Crippen molar-refractivity contribution in [3.05, 3.63) is 59.7 Å². The number of hydrogen-bond acceptors (Lipinski definition) is 4. The number of nitrogens with one attached hydrogen (secondary N) is 1. The highest BCUT2D eigenvalue weighted by Gasteiger charge is 2.30. The Kier molecular flexibility index (Phi) is 8.54. The monoisotopic (exact) mass is 438 g/mol. The van der Waals surface area contributed by atoms with Gasteiger partial charge in [-0.05, 0) is 56.0 Å². The molecule has 0 unspecified atom stereocenters. The Labute approximate surface area is 190 Å². The van der Waals surface area contributed by atoms with Gasteiger partial charge in [0, 0.05) is 12.6 Å². The van der Waals surface area contributed by atoms with Crippen molar-refractivity contribution in [2.45, 2.75) is 64.6 Å². The van der Waals surface area contributed by atoms with E-state index in [2.05, 4.69) is 5.32 Å². The number of nitrogens with zero attached hydrogens (tertiary/aromatic N) is 1. The summed E-state index contributed by atoms with van der Waals surface area (Å²) in [5.41, 5.74) is 2.11. The molecule has 1 fully saturated rings. The lowest BCUT2D eigenvalue weighted by molar-refractivity contribution is -0.143. The molecule has 0 heterocycles. The van der Waals surface area contributed by atoms with E-state index in [1.54, 1.807) is 36.3 Å². The highest BCUT2D eigenvalue weighted by Crippen LogP contribution is 2.20. The SMILES string of the molecule is CC[C@@H](C(=O)NC1CCCC1)N(Cc1cccc(C)c1)C(=O)COc1ccc(OC)cc1. The minimum absolute atomic E-state index is 0.0788. The number of methoxy groups -OCH3 is 1. The lowest BCUT2D eigenvalue weighted by atomic mass is 10.1. The van der Waals surface area contributed by atoms with Gasteiger partial charge in [-0.25, -0.2) is 0 Å². The smallest absolute Gasteiger partial charge is 0.261 e. The fourth-order valence-corrected chi connectivity index (χ4v) is 4.19. The summed E-state index contributed by atoms with van der Waals surface area (Å²) in [5.74, 6) is 1.01. The van der Waals surface area contributed by atoms with Gasteiger partial charge in [0.1, 0.15) is 17.5 Å². The topological polar surface area (TPSA) is 67.9 Å². The fraction of sp³-hybridized carbons (Fsp3) is 0.462. The fourth-order valence-electron chi connectivity index (χ4n) is 4.19. The molecular weight excluding hydrogens is 404 g/mol. The molecule has 0 aromatic heterocycles. The van der Waals surface area contributed by atoms with Crippen molar-refractivity contribution in [1.29, 1.82) is 0 Å². The molecule has 0 saturated heterocycles. The van der Waals surface area contributed by atoms with Crippen LogP contribution in [0.5, 0.6) is 11.5 Å². The molecule has 172 valence electrons. The second kappa shape index (κ2) is 11.6. The average Bonchev–Trinajstić information content (AvgIpc) is 3.30. The summed E-state index contributed by atoms with van der Waals surface area (Å²) >= 11 is 0. The first-order valence-corrected chi connectivity index (χ1v) is 11.4. The summed E-state index contributed by atoms with van der Waals surface area (Å²) < 4.78 is 10.9. The first-order valence-electron chi connectivity index (χ1n) is 11.4. The Hall–Kier alpha value is -3.02. The van der Waals surface area contributed by atoms with Crippen LogP contribution in [-0.4, -0.2) is 42.5 Å². The van der Waals surface area contributed by atoms with Gasteiger partial charge in [0.05, 0.1) is 7.11 Å². The second-order valence-electron chi connectivity index (χ2n) is 8.39. The van der Waals surface area contributed by atoms with Crippen LogP contribution < -0.4 is 14.8 Å². The number of carbonyl (C=O) groups excluding carboxylic acids is 2. The van der Waals surface area contributed by atoms with E-state index in [4.69, 9.17) is 9.47 Å². The molecule has 1 aliphatic rings. The van der Waals surface area contributed by atoms with Crippen LogP contribution in [0, 0.1) is 6.92 Å². The molecular formula is C26H34N2O4. The molecule has 1 N–H and O–H groups in total. The molecule has 1 aliphatic carbocycles. The predicted molar refractivity (Wildman–Crippen MR) is 125 cm³/mol. The second-order valence-corrected chi connectivity index (χ2v) is 8.39. The zero-order chi connectivity index (χ0) is 22.9. The zero-order valence-electron chi connectivity index (χ0n) is 19.3. The molecule has 2 aromatic carbocycles. The van der Waals surface area contributed by atoms with Crippen molar-refractivity contribution in [1.82, 2.24) is 10.2 Å². The third-order valence-electron chi connectivity index (χ3n) is 5.94. The van der Waals surface area contributed by atoms with E-state index < -0.39 is 6.04 Å². The van der Waals surface area contributed by atoms with Crippen LogP contribution in [0.3, 0.4) is 0 Å². The zero-order valence-corrected chi connectivity index (χ0v) is 19.3. The number of benzene rings is 2. The van der Waals surface area contributed by atoms with Gasteiger partial charge in [0.25, 0.3) is 5.91 Å². The molecule has 6 heteroatoms. The Morgan fingerprint density at radius 2 is 1.78 bits per heavy atom. The third kappa shape index (κ3) is 6.49. The highest BCUT2D eigenvalue weighted by atomic mass is 16.5. The highest BCUT2D eigenvalue weighted by molar-refractivity contribution is 5.88. The maximum atomic E-state index is 13.3. The first kappa shape index (κ1) is 23.6. The summed E-state index contributed by atoms with van der Waals surface area (Å²) in [6.45, 7) is 4.20. The van der Waals surface area contributed by atoms with Crippen LogP contribution in [-0.2, 0) is 16.1 Å². The molecule has 0 aliphatic heterocycles. The molecule has 6 nitrogen and oxygen atoms in total. The van der Waals surface area contributed by atoms with E-state index in [0.717, 1.165) is 42.6 Å². The maximum Gasteiger partial charge on any atom is 0.261 e. The van der Waals surface area contributed by atoms with Gasteiger partial charge >= 0.3 is 0 Å². The van der Waals surface area contributed by atoms with Crippen LogP contribution in [0.25, 0.3) is 0 Å². The third-order valence-corrected chi connectivity index (χ3v) is 5.94. The van der Waals surface area contributed by atoms with E-state index in [1.807, 2.05) is 38.1 Å². The Morgan fingerprint density at radius 1 is 1.09 bits per heavy atom. The summed E-state index contributed by atoms with van der Waals surface area (Å²) in [5, 5.41) is 3.16. The van der Waals surface area contributed by atoms with Gasteiger partial charge in [-0.2, -0.15) is 0 Å². The minimum Gasteiger partial charge on any atom is -0.497 e. The maximum absolute atomic E-state index is 13.3. The summed E-state index contributed by atoms with van der Waals surface area (Å²) in [6, 6.07) is 14.8. The van der Waals surface area contributed by atoms with Crippen molar-refractivity contribution in [3.8, 4) is 11.5 Å². The van der Waals surface area contributed by atoms with Gasteiger partial charge < -0.3 is 19.7 Å². The van der Waals surface area contributed by atoms with Crippen LogP contribution in [0.1, 0.15) is 50.2 Å². The van der Waals surface area contributed by atoms with Crippen LogP contribution in [0.2, 0.25) is 0 Å².